The van der Waals surface area contributed by atoms with Crippen LogP contribution in [0.25, 0.3) is 0 Å². The molecule has 0 saturated heterocycles. The van der Waals surface area contributed by atoms with Crippen molar-refractivity contribution in [2.75, 3.05) is 17.7 Å². The van der Waals surface area contributed by atoms with Crippen LogP contribution in [0.4, 0.5) is 17.3 Å². The average Bonchev–Trinajstić information content (AvgIpc) is 2.64. The molecule has 0 radical (unpaired) electrons. The number of carbonyl (C=O) groups excluding carboxylic acids is 1. The van der Waals surface area contributed by atoms with E-state index in [1.807, 2.05) is 55.5 Å². The summed E-state index contributed by atoms with van der Waals surface area (Å²) in [5.41, 5.74) is 2.74. The van der Waals surface area contributed by atoms with Crippen molar-refractivity contribution in [1.82, 2.24) is 9.97 Å². The highest BCUT2D eigenvalue weighted by molar-refractivity contribution is 6.03. The molecule has 126 valence electrons. The van der Waals surface area contributed by atoms with E-state index < -0.39 is 0 Å². The number of nitrogens with one attached hydrogen (secondary N) is 2. The summed E-state index contributed by atoms with van der Waals surface area (Å²) in [7, 11) is 1.59. The molecule has 2 N–H and O–H groups in total. The lowest BCUT2D eigenvalue weighted by Crippen LogP contribution is -2.15. The molecule has 3 rings (SSSR count). The Morgan fingerprint density at radius 1 is 1.00 bits per heavy atom. The van der Waals surface area contributed by atoms with Gasteiger partial charge in [-0.15, -0.1) is 0 Å². The molecule has 1 heterocycles. The Morgan fingerprint density at radius 3 is 2.48 bits per heavy atom. The van der Waals surface area contributed by atoms with Crippen LogP contribution in [0.2, 0.25) is 0 Å². The van der Waals surface area contributed by atoms with Crippen LogP contribution in [0.1, 0.15) is 16.1 Å². The Balaban J connectivity index is 1.79. The summed E-state index contributed by atoms with van der Waals surface area (Å²) >= 11 is 0. The van der Waals surface area contributed by atoms with Crippen molar-refractivity contribution in [3.63, 3.8) is 0 Å². The molecule has 6 heteroatoms. The molecular weight excluding hydrogens is 316 g/mol. The van der Waals surface area contributed by atoms with Crippen LogP contribution in [-0.2, 0) is 0 Å². The van der Waals surface area contributed by atoms with Gasteiger partial charge in [-0.3, -0.25) is 4.79 Å². The minimum absolute atomic E-state index is 0.274. The monoisotopic (exact) mass is 334 g/mol. The van der Waals surface area contributed by atoms with Gasteiger partial charge in [-0.25, -0.2) is 9.97 Å². The van der Waals surface area contributed by atoms with Gasteiger partial charge >= 0.3 is 0 Å². The summed E-state index contributed by atoms with van der Waals surface area (Å²) in [6, 6.07) is 16.6. The predicted molar refractivity (Wildman–Crippen MR) is 97.4 cm³/mol. The average molecular weight is 334 g/mol. The van der Waals surface area contributed by atoms with Crippen LogP contribution in [0, 0.1) is 6.92 Å². The maximum absolute atomic E-state index is 12.4. The van der Waals surface area contributed by atoms with Gasteiger partial charge in [0.05, 0.1) is 12.8 Å². The van der Waals surface area contributed by atoms with Crippen LogP contribution in [0.15, 0.2) is 60.8 Å². The SMILES string of the molecule is COc1ccccc1Nc1nccc(C(=O)Nc2ccccc2C)n1. The van der Waals surface area contributed by atoms with E-state index in [2.05, 4.69) is 20.6 Å². The zero-order valence-electron chi connectivity index (χ0n) is 14.0. The maximum Gasteiger partial charge on any atom is 0.274 e. The maximum atomic E-state index is 12.4. The molecule has 0 bridgehead atoms. The lowest BCUT2D eigenvalue weighted by molar-refractivity contribution is 0.102. The molecular formula is C19H18N4O2. The number of para-hydroxylation sites is 3. The van der Waals surface area contributed by atoms with E-state index in [0.717, 1.165) is 16.9 Å². The topological polar surface area (TPSA) is 76.1 Å². The zero-order chi connectivity index (χ0) is 17.6. The summed E-state index contributed by atoms with van der Waals surface area (Å²) in [5.74, 6) is 0.697. The van der Waals surface area contributed by atoms with Gasteiger partial charge in [-0.05, 0) is 36.8 Å². The quantitative estimate of drug-likeness (QED) is 0.742. The van der Waals surface area contributed by atoms with E-state index in [1.165, 1.54) is 6.20 Å². The number of anilines is 3. The number of amides is 1. The van der Waals surface area contributed by atoms with Crippen molar-refractivity contribution in [1.29, 1.82) is 0 Å². The Kier molecular flexibility index (Phi) is 4.89. The molecule has 2 aromatic carbocycles. The van der Waals surface area contributed by atoms with Crippen molar-refractivity contribution in [2.24, 2.45) is 0 Å². The van der Waals surface area contributed by atoms with E-state index >= 15 is 0 Å². The molecule has 1 amide bonds. The number of hydrogen-bond donors (Lipinski definition) is 2. The molecule has 0 aliphatic rings. The van der Waals surface area contributed by atoms with Crippen LogP contribution >= 0.6 is 0 Å². The van der Waals surface area contributed by atoms with Crippen LogP contribution < -0.4 is 15.4 Å². The molecule has 0 saturated carbocycles. The molecule has 0 fully saturated rings. The van der Waals surface area contributed by atoms with Crippen molar-refractivity contribution >= 4 is 23.2 Å². The van der Waals surface area contributed by atoms with E-state index in [0.29, 0.717) is 11.7 Å². The number of aromatic nitrogens is 2. The molecule has 6 nitrogen and oxygen atoms in total. The third kappa shape index (κ3) is 3.92. The molecule has 0 aliphatic carbocycles. The number of rotatable bonds is 5. The second-order valence-electron chi connectivity index (χ2n) is 5.36. The number of nitrogens with zero attached hydrogens (tertiary/aromatic N) is 2. The normalized spacial score (nSPS) is 10.2. The molecule has 0 aliphatic heterocycles. The fourth-order valence-electron chi connectivity index (χ4n) is 2.31. The van der Waals surface area contributed by atoms with Crippen molar-refractivity contribution in [3.05, 3.63) is 72.1 Å². The Labute approximate surface area is 145 Å². The molecule has 3 aromatic rings. The van der Waals surface area contributed by atoms with Gasteiger partial charge in [0, 0.05) is 11.9 Å². The van der Waals surface area contributed by atoms with Gasteiger partial charge in [0.1, 0.15) is 11.4 Å². The minimum atomic E-state index is -0.292. The first-order chi connectivity index (χ1) is 12.2. The highest BCUT2D eigenvalue weighted by Crippen LogP contribution is 2.25. The number of hydrogen-bond acceptors (Lipinski definition) is 5. The third-order valence-corrected chi connectivity index (χ3v) is 3.63. The van der Waals surface area contributed by atoms with Gasteiger partial charge < -0.3 is 15.4 Å². The summed E-state index contributed by atoms with van der Waals surface area (Å²) in [4.78, 5) is 20.9. The summed E-state index contributed by atoms with van der Waals surface area (Å²) in [6.45, 7) is 1.93. The van der Waals surface area contributed by atoms with Gasteiger partial charge in [-0.1, -0.05) is 30.3 Å². The highest BCUT2D eigenvalue weighted by atomic mass is 16.5. The van der Waals surface area contributed by atoms with Gasteiger partial charge in [0.25, 0.3) is 5.91 Å². The lowest BCUT2D eigenvalue weighted by atomic mass is 10.2. The standard InChI is InChI=1S/C19H18N4O2/c1-13-7-3-4-8-14(13)21-18(24)16-11-12-20-19(23-16)22-15-9-5-6-10-17(15)25-2/h3-12H,1-2H3,(H,21,24)(H,20,22,23). The zero-order valence-corrected chi connectivity index (χ0v) is 14.0. The number of methoxy groups -OCH3 is 1. The van der Waals surface area contributed by atoms with E-state index in [4.69, 9.17) is 4.74 Å². The minimum Gasteiger partial charge on any atom is -0.495 e. The number of benzene rings is 2. The van der Waals surface area contributed by atoms with E-state index in [1.54, 1.807) is 13.2 Å². The van der Waals surface area contributed by atoms with Crippen molar-refractivity contribution in [3.8, 4) is 5.75 Å². The third-order valence-electron chi connectivity index (χ3n) is 3.63. The largest absolute Gasteiger partial charge is 0.495 e. The summed E-state index contributed by atoms with van der Waals surface area (Å²) in [6.07, 6.45) is 1.54. The highest BCUT2D eigenvalue weighted by Gasteiger charge is 2.11. The second-order valence-corrected chi connectivity index (χ2v) is 5.36. The Hall–Kier alpha value is -3.41. The van der Waals surface area contributed by atoms with Gasteiger partial charge in [0.2, 0.25) is 5.95 Å². The number of carbonyl (C=O) groups is 1. The first-order valence-corrected chi connectivity index (χ1v) is 7.77. The van der Waals surface area contributed by atoms with Crippen LogP contribution in [-0.4, -0.2) is 23.0 Å². The summed E-state index contributed by atoms with van der Waals surface area (Å²) < 4.78 is 5.29. The molecule has 25 heavy (non-hydrogen) atoms. The first kappa shape index (κ1) is 16.4. The molecule has 0 spiro atoms. The Bertz CT molecular complexity index is 896. The number of ether oxygens (including phenoxy) is 1. The van der Waals surface area contributed by atoms with E-state index in [-0.39, 0.29) is 11.6 Å². The van der Waals surface area contributed by atoms with Crippen molar-refractivity contribution < 1.29 is 9.53 Å². The smallest absolute Gasteiger partial charge is 0.274 e. The fourth-order valence-corrected chi connectivity index (χ4v) is 2.31. The van der Waals surface area contributed by atoms with Crippen molar-refractivity contribution in [2.45, 2.75) is 6.92 Å². The van der Waals surface area contributed by atoms with Gasteiger partial charge in [-0.2, -0.15) is 0 Å². The fraction of sp³-hybridized carbons (Fsp3) is 0.105. The predicted octanol–water partition coefficient (Wildman–Crippen LogP) is 3.79. The molecule has 1 aromatic heterocycles. The summed E-state index contributed by atoms with van der Waals surface area (Å²) in [5, 5.41) is 5.93. The second kappa shape index (κ2) is 7.44. The van der Waals surface area contributed by atoms with Crippen LogP contribution in [0.5, 0.6) is 5.75 Å². The molecule has 0 atom stereocenters. The lowest BCUT2D eigenvalue weighted by Gasteiger charge is -2.11. The first-order valence-electron chi connectivity index (χ1n) is 7.77. The Morgan fingerprint density at radius 2 is 1.72 bits per heavy atom. The number of aryl methyl sites for hydroxylation is 1. The van der Waals surface area contributed by atoms with Gasteiger partial charge in [0.15, 0.2) is 0 Å². The molecule has 0 unspecified atom stereocenters. The van der Waals surface area contributed by atoms with E-state index in [9.17, 15) is 4.79 Å². The van der Waals surface area contributed by atoms with Crippen LogP contribution in [0.3, 0.4) is 0 Å².